The van der Waals surface area contributed by atoms with E-state index in [0.717, 1.165) is 36.9 Å². The highest BCUT2D eigenvalue weighted by atomic mass is 32.2. The number of hydrogen-bond donors (Lipinski definition) is 1. The molecule has 0 unspecified atom stereocenters. The molecule has 8 heteroatoms. The van der Waals surface area contributed by atoms with E-state index in [9.17, 15) is 18.0 Å². The first-order valence-electron chi connectivity index (χ1n) is 11.4. The van der Waals surface area contributed by atoms with E-state index in [-0.39, 0.29) is 35.2 Å². The summed E-state index contributed by atoms with van der Waals surface area (Å²) in [5, 5.41) is 3.15. The summed E-state index contributed by atoms with van der Waals surface area (Å²) in [5.41, 5.74) is 0.710. The molecule has 1 aromatic carbocycles. The number of amides is 2. The van der Waals surface area contributed by atoms with Gasteiger partial charge in [-0.3, -0.25) is 9.59 Å². The van der Waals surface area contributed by atoms with Gasteiger partial charge in [-0.1, -0.05) is 19.3 Å². The Labute approximate surface area is 185 Å². The average molecular weight is 448 g/mol. The molecule has 0 spiro atoms. The van der Waals surface area contributed by atoms with Gasteiger partial charge in [0.1, 0.15) is 0 Å². The van der Waals surface area contributed by atoms with Gasteiger partial charge in [0, 0.05) is 31.9 Å². The summed E-state index contributed by atoms with van der Waals surface area (Å²) in [6.07, 6.45) is 6.91. The average Bonchev–Trinajstić information content (AvgIpc) is 2.94. The van der Waals surface area contributed by atoms with Crippen LogP contribution in [0.2, 0.25) is 0 Å². The highest BCUT2D eigenvalue weighted by molar-refractivity contribution is 7.89. The first kappa shape index (κ1) is 22.3. The number of carbonyl (C=O) groups is 2. The summed E-state index contributed by atoms with van der Waals surface area (Å²) in [6, 6.07) is 5.15. The molecule has 170 valence electrons. The number of likely N-dealkylation sites (N-methyl/N-ethyl adjacent to an activating group) is 1. The maximum absolute atomic E-state index is 13.4. The van der Waals surface area contributed by atoms with Gasteiger partial charge in [-0.2, -0.15) is 4.31 Å². The Morgan fingerprint density at radius 2 is 1.81 bits per heavy atom. The van der Waals surface area contributed by atoms with E-state index < -0.39 is 15.4 Å². The zero-order valence-electron chi connectivity index (χ0n) is 18.7. The summed E-state index contributed by atoms with van der Waals surface area (Å²) < 4.78 is 28.3. The van der Waals surface area contributed by atoms with Gasteiger partial charge in [0.15, 0.2) is 0 Å². The third kappa shape index (κ3) is 4.00. The molecule has 1 saturated heterocycles. The van der Waals surface area contributed by atoms with E-state index in [1.807, 2.05) is 13.8 Å². The summed E-state index contributed by atoms with van der Waals surface area (Å²) in [4.78, 5) is 27.1. The van der Waals surface area contributed by atoms with Crippen LogP contribution in [0, 0.1) is 5.92 Å². The fourth-order valence-corrected chi connectivity index (χ4v) is 6.75. The molecular weight excluding hydrogens is 414 g/mol. The fraction of sp³-hybridized carbons (Fsp3) is 0.652. The Hall–Kier alpha value is -1.93. The minimum absolute atomic E-state index is 0.0193. The van der Waals surface area contributed by atoms with Crippen LogP contribution in [0.5, 0.6) is 0 Å². The maximum atomic E-state index is 13.4. The Balaban J connectivity index is 1.52. The molecule has 1 saturated carbocycles. The number of anilines is 1. The van der Waals surface area contributed by atoms with Crippen molar-refractivity contribution in [2.24, 2.45) is 5.92 Å². The molecular formula is C23H33N3O4S. The predicted octanol–water partition coefficient (Wildman–Crippen LogP) is 2.79. The number of benzene rings is 1. The molecule has 3 aliphatic rings. The number of carbonyl (C=O) groups excluding carboxylic acids is 2. The quantitative estimate of drug-likeness (QED) is 0.769. The molecule has 7 nitrogen and oxygen atoms in total. The van der Waals surface area contributed by atoms with E-state index >= 15 is 0 Å². The van der Waals surface area contributed by atoms with Crippen LogP contribution < -0.4 is 10.2 Å². The van der Waals surface area contributed by atoms with E-state index in [0.29, 0.717) is 19.4 Å². The van der Waals surface area contributed by atoms with Gasteiger partial charge >= 0.3 is 0 Å². The SMILES string of the molecule is CN1C(=O)C(C)(C)c2cc(S(=O)(=O)N3CCC[C@@H](C(=O)NC4CCCCC4)C3)ccc21. The first-order chi connectivity index (χ1) is 14.6. The number of fused-ring (bicyclic) bond motifs is 1. The highest BCUT2D eigenvalue weighted by Gasteiger charge is 2.43. The van der Waals surface area contributed by atoms with Crippen molar-refractivity contribution in [1.82, 2.24) is 9.62 Å². The normalized spacial score (nSPS) is 24.8. The molecule has 0 aromatic heterocycles. The van der Waals surface area contributed by atoms with E-state index in [4.69, 9.17) is 0 Å². The largest absolute Gasteiger partial charge is 0.353 e. The summed E-state index contributed by atoms with van der Waals surface area (Å²) in [7, 11) is -2.03. The lowest BCUT2D eigenvalue weighted by Crippen LogP contribution is -2.47. The molecule has 1 atom stereocenters. The molecule has 1 N–H and O–H groups in total. The van der Waals surface area contributed by atoms with Crippen LogP contribution in [0.4, 0.5) is 5.69 Å². The van der Waals surface area contributed by atoms with Crippen LogP contribution in [0.3, 0.4) is 0 Å². The molecule has 0 radical (unpaired) electrons. The van der Waals surface area contributed by atoms with Crippen molar-refractivity contribution in [3.8, 4) is 0 Å². The second kappa shape index (κ2) is 8.20. The van der Waals surface area contributed by atoms with Gasteiger partial charge in [0.2, 0.25) is 21.8 Å². The number of piperidine rings is 1. The van der Waals surface area contributed by atoms with Crippen molar-refractivity contribution in [3.05, 3.63) is 23.8 Å². The maximum Gasteiger partial charge on any atom is 0.243 e. The number of sulfonamides is 1. The lowest BCUT2D eigenvalue weighted by atomic mass is 9.86. The topological polar surface area (TPSA) is 86.8 Å². The van der Waals surface area contributed by atoms with Crippen LogP contribution in [0.25, 0.3) is 0 Å². The smallest absolute Gasteiger partial charge is 0.243 e. The molecule has 1 aromatic rings. The van der Waals surface area contributed by atoms with Gasteiger partial charge in [0.25, 0.3) is 0 Å². The molecule has 2 aliphatic heterocycles. The predicted molar refractivity (Wildman–Crippen MR) is 119 cm³/mol. The minimum Gasteiger partial charge on any atom is -0.353 e. The highest BCUT2D eigenvalue weighted by Crippen LogP contribution is 2.42. The lowest BCUT2D eigenvalue weighted by molar-refractivity contribution is -0.127. The van der Waals surface area contributed by atoms with Crippen LogP contribution in [-0.2, 0) is 25.0 Å². The number of nitrogens with one attached hydrogen (secondary N) is 1. The fourth-order valence-electron chi connectivity index (χ4n) is 5.20. The molecule has 2 heterocycles. The van der Waals surface area contributed by atoms with Gasteiger partial charge in [-0.15, -0.1) is 0 Å². The third-order valence-electron chi connectivity index (χ3n) is 7.19. The molecule has 2 fully saturated rings. The minimum atomic E-state index is -3.74. The Morgan fingerprint density at radius 1 is 1.10 bits per heavy atom. The van der Waals surface area contributed by atoms with Crippen molar-refractivity contribution < 1.29 is 18.0 Å². The third-order valence-corrected chi connectivity index (χ3v) is 9.05. The number of nitrogens with zero attached hydrogens (tertiary/aromatic N) is 2. The van der Waals surface area contributed by atoms with E-state index in [1.165, 1.54) is 10.7 Å². The number of rotatable bonds is 4. The lowest BCUT2D eigenvalue weighted by Gasteiger charge is -2.33. The Bertz CT molecular complexity index is 983. The van der Waals surface area contributed by atoms with Crippen LogP contribution in [0.15, 0.2) is 23.1 Å². The Morgan fingerprint density at radius 3 is 2.52 bits per heavy atom. The van der Waals surface area contributed by atoms with Crippen molar-refractivity contribution in [2.45, 2.75) is 75.1 Å². The van der Waals surface area contributed by atoms with Gasteiger partial charge in [-0.25, -0.2) is 8.42 Å². The van der Waals surface area contributed by atoms with Crippen molar-refractivity contribution in [2.75, 3.05) is 25.0 Å². The van der Waals surface area contributed by atoms with Crippen molar-refractivity contribution in [3.63, 3.8) is 0 Å². The molecule has 1 aliphatic carbocycles. The van der Waals surface area contributed by atoms with E-state index in [1.54, 1.807) is 30.1 Å². The Kier molecular flexibility index (Phi) is 5.89. The van der Waals surface area contributed by atoms with Gasteiger partial charge < -0.3 is 10.2 Å². The molecule has 0 bridgehead atoms. The van der Waals surface area contributed by atoms with Crippen molar-refractivity contribution in [1.29, 1.82) is 0 Å². The standard InChI is InChI=1S/C23H33N3O4S/c1-23(2)19-14-18(11-12-20(19)25(3)22(23)28)31(29,30)26-13-7-8-16(15-26)21(27)24-17-9-5-4-6-10-17/h11-12,14,16-17H,4-10,13,15H2,1-3H3,(H,24,27)/t16-/m1/s1. The molecule has 4 rings (SSSR count). The second-order valence-electron chi connectivity index (χ2n) is 9.71. The van der Waals surface area contributed by atoms with Crippen LogP contribution in [0.1, 0.15) is 64.4 Å². The van der Waals surface area contributed by atoms with Crippen molar-refractivity contribution >= 4 is 27.5 Å². The number of hydrogen-bond acceptors (Lipinski definition) is 4. The van der Waals surface area contributed by atoms with Crippen LogP contribution in [-0.4, -0.2) is 50.7 Å². The second-order valence-corrected chi connectivity index (χ2v) is 11.7. The van der Waals surface area contributed by atoms with Gasteiger partial charge in [0.05, 0.1) is 16.2 Å². The zero-order chi connectivity index (χ0) is 22.4. The monoisotopic (exact) mass is 447 g/mol. The van der Waals surface area contributed by atoms with Gasteiger partial charge in [-0.05, 0) is 63.3 Å². The molecule has 31 heavy (non-hydrogen) atoms. The van der Waals surface area contributed by atoms with Crippen LogP contribution >= 0.6 is 0 Å². The zero-order valence-corrected chi connectivity index (χ0v) is 19.5. The van der Waals surface area contributed by atoms with E-state index in [2.05, 4.69) is 5.32 Å². The summed E-state index contributed by atoms with van der Waals surface area (Å²) in [6.45, 7) is 4.26. The summed E-state index contributed by atoms with van der Waals surface area (Å²) >= 11 is 0. The molecule has 2 amide bonds. The summed E-state index contributed by atoms with van der Waals surface area (Å²) in [5.74, 6) is -0.382. The first-order valence-corrected chi connectivity index (χ1v) is 12.8.